The van der Waals surface area contributed by atoms with Crippen molar-refractivity contribution < 1.29 is 14.3 Å². The van der Waals surface area contributed by atoms with Gasteiger partial charge in [0, 0.05) is 0 Å². The van der Waals surface area contributed by atoms with Crippen LogP contribution in [0, 0.1) is 6.92 Å². The topological polar surface area (TPSA) is 47.6 Å². The monoisotopic (exact) mass is 221 g/mol. The summed E-state index contributed by atoms with van der Waals surface area (Å²) < 4.78 is 10.3. The molecule has 0 unspecified atom stereocenters. The molecule has 0 aromatic heterocycles. The van der Waals surface area contributed by atoms with E-state index in [-0.39, 0.29) is 18.6 Å². The predicted molar refractivity (Wildman–Crippen MR) is 59.4 cm³/mol. The van der Waals surface area contributed by atoms with Gasteiger partial charge in [0.2, 0.25) is 0 Å². The first-order valence-electron chi connectivity index (χ1n) is 5.30. The Bertz CT molecular complexity index is 357. The number of aryl methyl sites for hydroxylation is 1. The first kappa shape index (κ1) is 11.0. The molecule has 86 valence electrons. The number of nitrogens with one attached hydrogen (secondary N) is 1. The molecular weight excluding hydrogens is 206 g/mol. The second-order valence-corrected chi connectivity index (χ2v) is 3.90. The average Bonchev–Trinajstić information content (AvgIpc) is 2.23. The molecule has 16 heavy (non-hydrogen) atoms. The Balaban J connectivity index is 1.73. The zero-order valence-electron chi connectivity index (χ0n) is 9.23. The van der Waals surface area contributed by atoms with E-state index in [4.69, 9.17) is 9.47 Å². The van der Waals surface area contributed by atoms with Gasteiger partial charge in [0.1, 0.15) is 5.75 Å². The highest BCUT2D eigenvalue weighted by atomic mass is 16.5. The number of benzene rings is 1. The fourth-order valence-electron chi connectivity index (χ4n) is 1.37. The largest absolute Gasteiger partial charge is 0.484 e. The third kappa shape index (κ3) is 2.97. The van der Waals surface area contributed by atoms with Crippen molar-refractivity contribution in [3.63, 3.8) is 0 Å². The zero-order valence-corrected chi connectivity index (χ0v) is 9.23. The summed E-state index contributed by atoms with van der Waals surface area (Å²) in [5, 5.41) is 2.81. The molecule has 0 spiro atoms. The van der Waals surface area contributed by atoms with Crippen molar-refractivity contribution in [2.24, 2.45) is 0 Å². The quantitative estimate of drug-likeness (QED) is 0.821. The van der Waals surface area contributed by atoms with E-state index in [1.807, 2.05) is 31.2 Å². The van der Waals surface area contributed by atoms with Crippen LogP contribution in [0.4, 0.5) is 0 Å². The van der Waals surface area contributed by atoms with Crippen molar-refractivity contribution >= 4 is 5.91 Å². The Hall–Kier alpha value is -1.55. The van der Waals surface area contributed by atoms with E-state index in [1.165, 1.54) is 5.56 Å². The minimum atomic E-state index is -0.103. The first-order chi connectivity index (χ1) is 7.74. The SMILES string of the molecule is Cc1ccc(OCC(=O)NC2COC2)cc1. The lowest BCUT2D eigenvalue weighted by atomic mass is 10.2. The van der Waals surface area contributed by atoms with Crippen molar-refractivity contribution in [1.82, 2.24) is 5.32 Å². The number of hydrogen-bond acceptors (Lipinski definition) is 3. The van der Waals surface area contributed by atoms with Crippen LogP contribution in [0.1, 0.15) is 5.56 Å². The molecule has 4 heteroatoms. The molecule has 1 aromatic carbocycles. The molecule has 1 amide bonds. The third-order valence-corrected chi connectivity index (χ3v) is 2.39. The van der Waals surface area contributed by atoms with Crippen molar-refractivity contribution in [2.75, 3.05) is 19.8 Å². The van der Waals surface area contributed by atoms with Gasteiger partial charge in [0.05, 0.1) is 19.3 Å². The normalized spacial score (nSPS) is 15.3. The highest BCUT2D eigenvalue weighted by molar-refractivity contribution is 5.77. The molecule has 0 saturated carbocycles. The maximum atomic E-state index is 11.4. The molecule has 0 radical (unpaired) electrons. The summed E-state index contributed by atoms with van der Waals surface area (Å²) in [7, 11) is 0. The average molecular weight is 221 g/mol. The van der Waals surface area contributed by atoms with Gasteiger partial charge in [-0.1, -0.05) is 17.7 Å². The lowest BCUT2D eigenvalue weighted by molar-refractivity contribution is -0.127. The van der Waals surface area contributed by atoms with Crippen LogP contribution in [-0.2, 0) is 9.53 Å². The van der Waals surface area contributed by atoms with Gasteiger partial charge in [-0.05, 0) is 19.1 Å². The van der Waals surface area contributed by atoms with Gasteiger partial charge in [-0.25, -0.2) is 0 Å². The van der Waals surface area contributed by atoms with E-state index in [1.54, 1.807) is 0 Å². The maximum Gasteiger partial charge on any atom is 0.258 e. The van der Waals surface area contributed by atoms with Gasteiger partial charge in [0.15, 0.2) is 6.61 Å². The van der Waals surface area contributed by atoms with Crippen LogP contribution in [0.3, 0.4) is 0 Å². The summed E-state index contributed by atoms with van der Waals surface area (Å²) in [5.41, 5.74) is 1.17. The van der Waals surface area contributed by atoms with Crippen molar-refractivity contribution in [2.45, 2.75) is 13.0 Å². The predicted octanol–water partition coefficient (Wildman–Crippen LogP) is 0.889. The van der Waals surface area contributed by atoms with E-state index in [0.29, 0.717) is 19.0 Å². The number of amides is 1. The maximum absolute atomic E-state index is 11.4. The Morgan fingerprint density at radius 1 is 1.44 bits per heavy atom. The lowest BCUT2D eigenvalue weighted by Crippen LogP contribution is -2.49. The molecule has 1 saturated heterocycles. The molecule has 2 rings (SSSR count). The van der Waals surface area contributed by atoms with Gasteiger partial charge in [-0.2, -0.15) is 0 Å². The van der Waals surface area contributed by atoms with E-state index in [0.717, 1.165) is 0 Å². The molecule has 1 fully saturated rings. The molecule has 1 N–H and O–H groups in total. The fourth-order valence-corrected chi connectivity index (χ4v) is 1.37. The smallest absolute Gasteiger partial charge is 0.258 e. The summed E-state index contributed by atoms with van der Waals surface area (Å²) in [5.74, 6) is 0.611. The van der Waals surface area contributed by atoms with Crippen LogP contribution in [-0.4, -0.2) is 31.8 Å². The van der Waals surface area contributed by atoms with Crippen molar-refractivity contribution in [1.29, 1.82) is 0 Å². The molecule has 1 heterocycles. The molecule has 4 nitrogen and oxygen atoms in total. The van der Waals surface area contributed by atoms with Crippen LogP contribution < -0.4 is 10.1 Å². The van der Waals surface area contributed by atoms with Gasteiger partial charge in [-0.15, -0.1) is 0 Å². The summed E-state index contributed by atoms with van der Waals surface area (Å²) in [6.07, 6.45) is 0. The van der Waals surface area contributed by atoms with Gasteiger partial charge >= 0.3 is 0 Å². The zero-order chi connectivity index (χ0) is 11.4. The molecule has 0 aliphatic carbocycles. The minimum Gasteiger partial charge on any atom is -0.484 e. The Labute approximate surface area is 94.6 Å². The van der Waals surface area contributed by atoms with Crippen LogP contribution in [0.2, 0.25) is 0 Å². The molecular formula is C12H15NO3. The van der Waals surface area contributed by atoms with Gasteiger partial charge in [-0.3, -0.25) is 4.79 Å². The molecule has 1 aliphatic heterocycles. The summed E-state index contributed by atoms with van der Waals surface area (Å²) >= 11 is 0. The highest BCUT2D eigenvalue weighted by Crippen LogP contribution is 2.11. The van der Waals surface area contributed by atoms with E-state index in [9.17, 15) is 4.79 Å². The van der Waals surface area contributed by atoms with E-state index in [2.05, 4.69) is 5.32 Å². The number of carbonyl (C=O) groups is 1. The van der Waals surface area contributed by atoms with Crippen molar-refractivity contribution in [3.8, 4) is 5.75 Å². The van der Waals surface area contributed by atoms with E-state index < -0.39 is 0 Å². The second kappa shape index (κ2) is 4.99. The first-order valence-corrected chi connectivity index (χ1v) is 5.30. The summed E-state index contributed by atoms with van der Waals surface area (Å²) in [6, 6.07) is 7.78. The highest BCUT2D eigenvalue weighted by Gasteiger charge is 2.20. The van der Waals surface area contributed by atoms with Crippen LogP contribution in [0.25, 0.3) is 0 Å². The summed E-state index contributed by atoms with van der Waals surface area (Å²) in [4.78, 5) is 11.4. The molecule has 0 atom stereocenters. The van der Waals surface area contributed by atoms with Crippen LogP contribution >= 0.6 is 0 Å². The molecule has 0 bridgehead atoms. The molecule has 1 aliphatic rings. The Kier molecular flexibility index (Phi) is 3.41. The Morgan fingerprint density at radius 2 is 2.12 bits per heavy atom. The standard InChI is InChI=1S/C12H15NO3/c1-9-2-4-11(5-3-9)16-8-12(14)13-10-6-15-7-10/h2-5,10H,6-8H2,1H3,(H,13,14). The number of rotatable bonds is 4. The van der Waals surface area contributed by atoms with Gasteiger partial charge in [0.25, 0.3) is 5.91 Å². The third-order valence-electron chi connectivity index (χ3n) is 2.39. The molecule has 1 aromatic rings. The Morgan fingerprint density at radius 3 is 2.69 bits per heavy atom. The number of carbonyl (C=O) groups excluding carboxylic acids is 1. The van der Waals surface area contributed by atoms with E-state index >= 15 is 0 Å². The van der Waals surface area contributed by atoms with Crippen LogP contribution in [0.15, 0.2) is 24.3 Å². The van der Waals surface area contributed by atoms with Crippen molar-refractivity contribution in [3.05, 3.63) is 29.8 Å². The summed E-state index contributed by atoms with van der Waals surface area (Å²) in [6.45, 7) is 3.28. The second-order valence-electron chi connectivity index (χ2n) is 3.90. The number of ether oxygens (including phenoxy) is 2. The number of hydrogen-bond donors (Lipinski definition) is 1. The van der Waals surface area contributed by atoms with Gasteiger partial charge < -0.3 is 14.8 Å². The van der Waals surface area contributed by atoms with Crippen LogP contribution in [0.5, 0.6) is 5.75 Å². The fraction of sp³-hybridized carbons (Fsp3) is 0.417. The lowest BCUT2D eigenvalue weighted by Gasteiger charge is -2.26. The minimum absolute atomic E-state index is 0.0551.